The number of halogens is 3. The molecule has 0 saturated heterocycles. The summed E-state index contributed by atoms with van der Waals surface area (Å²) in [7, 11) is 0. The van der Waals surface area contributed by atoms with Gasteiger partial charge in [0.25, 0.3) is 0 Å². The van der Waals surface area contributed by atoms with Gasteiger partial charge in [-0.2, -0.15) is 13.2 Å². The number of benzene rings is 1. The van der Waals surface area contributed by atoms with Gasteiger partial charge in [-0.25, -0.2) is 4.99 Å². The molecule has 0 unspecified atom stereocenters. The van der Waals surface area contributed by atoms with E-state index in [0.717, 1.165) is 13.0 Å². The first-order valence-electron chi connectivity index (χ1n) is 8.30. The first-order chi connectivity index (χ1) is 12.5. The van der Waals surface area contributed by atoms with Crippen LogP contribution in [0.25, 0.3) is 0 Å². The van der Waals surface area contributed by atoms with Crippen LogP contribution in [0.1, 0.15) is 17.4 Å². The molecule has 0 saturated carbocycles. The van der Waals surface area contributed by atoms with E-state index in [0.29, 0.717) is 18.1 Å². The third-order valence-corrected chi connectivity index (χ3v) is 4.30. The van der Waals surface area contributed by atoms with Crippen molar-refractivity contribution in [2.24, 2.45) is 4.99 Å². The Morgan fingerprint density at radius 2 is 1.96 bits per heavy atom. The molecule has 0 aliphatic heterocycles. The molecule has 0 aliphatic rings. The molecule has 1 heterocycles. The quantitative estimate of drug-likeness (QED) is 0.534. The van der Waals surface area contributed by atoms with Crippen molar-refractivity contribution in [3.8, 4) is 5.75 Å². The number of hydrogen-bond donors (Lipinski definition) is 2. The van der Waals surface area contributed by atoms with Gasteiger partial charge in [-0.15, -0.1) is 11.3 Å². The third-order valence-electron chi connectivity index (χ3n) is 3.36. The molecule has 142 valence electrons. The van der Waals surface area contributed by atoms with Crippen LogP contribution in [0.15, 0.2) is 46.8 Å². The fourth-order valence-electron chi connectivity index (χ4n) is 2.20. The van der Waals surface area contributed by atoms with Crippen molar-refractivity contribution in [1.82, 2.24) is 10.6 Å². The van der Waals surface area contributed by atoms with Crippen LogP contribution < -0.4 is 15.4 Å². The van der Waals surface area contributed by atoms with Crippen LogP contribution in [0.4, 0.5) is 13.2 Å². The molecule has 0 fully saturated rings. The number of nitrogens with zero attached hydrogens (tertiary/aromatic N) is 1. The van der Waals surface area contributed by atoms with E-state index >= 15 is 0 Å². The minimum absolute atomic E-state index is 0.197. The molecular weight excluding hydrogens is 363 g/mol. The number of hydrogen-bond acceptors (Lipinski definition) is 3. The lowest BCUT2D eigenvalue weighted by Crippen LogP contribution is -2.38. The molecule has 0 atom stereocenters. The summed E-state index contributed by atoms with van der Waals surface area (Å²) in [6.07, 6.45) is -3.48. The van der Waals surface area contributed by atoms with Gasteiger partial charge in [0.2, 0.25) is 0 Å². The Kier molecular flexibility index (Phi) is 7.77. The zero-order valence-corrected chi connectivity index (χ0v) is 15.3. The summed E-state index contributed by atoms with van der Waals surface area (Å²) in [5.74, 6) is 0.817. The van der Waals surface area contributed by atoms with Crippen molar-refractivity contribution in [1.29, 1.82) is 0 Å². The van der Waals surface area contributed by atoms with E-state index in [1.165, 1.54) is 10.9 Å². The second-order valence-electron chi connectivity index (χ2n) is 5.46. The van der Waals surface area contributed by atoms with E-state index in [4.69, 9.17) is 4.74 Å². The van der Waals surface area contributed by atoms with Gasteiger partial charge in [0.1, 0.15) is 5.75 Å². The highest BCUT2D eigenvalue weighted by Gasteiger charge is 2.28. The van der Waals surface area contributed by atoms with E-state index in [1.807, 2.05) is 18.4 Å². The van der Waals surface area contributed by atoms with E-state index in [9.17, 15) is 13.2 Å². The van der Waals surface area contributed by atoms with Gasteiger partial charge < -0.3 is 15.4 Å². The van der Waals surface area contributed by atoms with Gasteiger partial charge in [0.15, 0.2) is 12.6 Å². The van der Waals surface area contributed by atoms with E-state index in [-0.39, 0.29) is 12.3 Å². The minimum atomic E-state index is -4.37. The lowest BCUT2D eigenvalue weighted by Gasteiger charge is -2.13. The zero-order chi connectivity index (χ0) is 18.8. The van der Waals surface area contributed by atoms with Crippen molar-refractivity contribution in [3.05, 3.63) is 52.2 Å². The van der Waals surface area contributed by atoms with Crippen molar-refractivity contribution >= 4 is 17.3 Å². The minimum Gasteiger partial charge on any atom is -0.484 e. The van der Waals surface area contributed by atoms with Crippen molar-refractivity contribution in [3.63, 3.8) is 0 Å². The maximum atomic E-state index is 12.4. The molecule has 4 nitrogen and oxygen atoms in total. The summed E-state index contributed by atoms with van der Waals surface area (Å²) in [6, 6.07) is 10.7. The molecule has 2 rings (SSSR count). The molecule has 0 spiro atoms. The lowest BCUT2D eigenvalue weighted by molar-refractivity contribution is -0.153. The number of nitrogens with one attached hydrogen (secondary N) is 2. The van der Waals surface area contributed by atoms with Crippen LogP contribution in [0.3, 0.4) is 0 Å². The van der Waals surface area contributed by atoms with E-state index in [2.05, 4.69) is 21.7 Å². The Morgan fingerprint density at radius 1 is 1.15 bits per heavy atom. The largest absolute Gasteiger partial charge is 0.484 e. The normalized spacial score (nSPS) is 12.1. The number of guanidine groups is 1. The number of thiophene rings is 1. The molecule has 0 aliphatic carbocycles. The topological polar surface area (TPSA) is 45.7 Å². The van der Waals surface area contributed by atoms with E-state index < -0.39 is 12.8 Å². The Morgan fingerprint density at radius 3 is 2.65 bits per heavy atom. The molecule has 0 radical (unpaired) electrons. The molecule has 8 heteroatoms. The van der Waals surface area contributed by atoms with Gasteiger partial charge >= 0.3 is 6.18 Å². The maximum absolute atomic E-state index is 12.4. The smallest absolute Gasteiger partial charge is 0.422 e. The number of alkyl halides is 3. The molecule has 2 N–H and O–H groups in total. The molecule has 26 heavy (non-hydrogen) atoms. The average molecular weight is 385 g/mol. The average Bonchev–Trinajstić information content (AvgIpc) is 3.11. The Labute approximate surface area is 155 Å². The van der Waals surface area contributed by atoms with Crippen LogP contribution in [-0.2, 0) is 13.0 Å². The zero-order valence-electron chi connectivity index (χ0n) is 14.5. The highest BCUT2D eigenvalue weighted by atomic mass is 32.1. The Hall–Kier alpha value is -2.22. The Balaban J connectivity index is 1.95. The molecule has 1 aromatic carbocycles. The van der Waals surface area contributed by atoms with Crippen LogP contribution in [0.2, 0.25) is 0 Å². The summed E-state index contributed by atoms with van der Waals surface area (Å²) < 4.78 is 42.0. The monoisotopic (exact) mass is 385 g/mol. The van der Waals surface area contributed by atoms with Crippen molar-refractivity contribution in [2.45, 2.75) is 26.1 Å². The maximum Gasteiger partial charge on any atom is 0.422 e. The number of para-hydroxylation sites is 1. The van der Waals surface area contributed by atoms with Crippen LogP contribution in [-0.4, -0.2) is 31.8 Å². The van der Waals surface area contributed by atoms with Crippen LogP contribution in [0.5, 0.6) is 5.75 Å². The third kappa shape index (κ3) is 7.35. The second kappa shape index (κ2) is 10.1. The molecule has 1 aromatic heterocycles. The summed E-state index contributed by atoms with van der Waals surface area (Å²) in [5, 5.41) is 8.39. The predicted molar refractivity (Wildman–Crippen MR) is 98.8 cm³/mol. The molecule has 0 amide bonds. The summed E-state index contributed by atoms with van der Waals surface area (Å²) in [4.78, 5) is 5.72. The fourth-order valence-corrected chi connectivity index (χ4v) is 2.91. The van der Waals surface area contributed by atoms with Gasteiger partial charge in [-0.3, -0.25) is 0 Å². The predicted octanol–water partition coefficient (Wildman–Crippen LogP) is 3.99. The van der Waals surface area contributed by atoms with Crippen molar-refractivity contribution < 1.29 is 17.9 Å². The van der Waals surface area contributed by atoms with Gasteiger partial charge in [0, 0.05) is 23.5 Å². The molecule has 2 aromatic rings. The van der Waals surface area contributed by atoms with Gasteiger partial charge in [-0.05, 0) is 30.9 Å². The SMILES string of the molecule is CCNC(=NCc1ccccc1OCC(F)(F)F)NCCc1cccs1. The van der Waals surface area contributed by atoms with Crippen molar-refractivity contribution in [2.75, 3.05) is 19.7 Å². The van der Waals surface area contributed by atoms with Gasteiger partial charge in [-0.1, -0.05) is 24.3 Å². The highest BCUT2D eigenvalue weighted by Crippen LogP contribution is 2.22. The number of rotatable bonds is 8. The Bertz CT molecular complexity index is 687. The first kappa shape index (κ1) is 20.1. The van der Waals surface area contributed by atoms with Gasteiger partial charge in [0.05, 0.1) is 6.54 Å². The summed E-state index contributed by atoms with van der Waals surface area (Å²) in [5.41, 5.74) is 0.604. The highest BCUT2D eigenvalue weighted by molar-refractivity contribution is 7.09. The van der Waals surface area contributed by atoms with Crippen LogP contribution >= 0.6 is 11.3 Å². The lowest BCUT2D eigenvalue weighted by atomic mass is 10.2. The standard InChI is InChI=1S/C18H22F3N3OS/c1-2-22-17(23-10-9-15-7-5-11-26-15)24-12-14-6-3-4-8-16(14)25-13-18(19,20)21/h3-8,11H,2,9-10,12-13H2,1H3,(H2,22,23,24). The number of ether oxygens (including phenoxy) is 1. The number of aliphatic imine (C=N–C) groups is 1. The van der Waals surface area contributed by atoms with E-state index in [1.54, 1.807) is 29.5 Å². The summed E-state index contributed by atoms with van der Waals surface area (Å²) in [6.45, 7) is 2.28. The fraction of sp³-hybridized carbons (Fsp3) is 0.389. The summed E-state index contributed by atoms with van der Waals surface area (Å²) >= 11 is 1.70. The molecule has 0 bridgehead atoms. The van der Waals surface area contributed by atoms with Crippen LogP contribution in [0, 0.1) is 0 Å². The first-order valence-corrected chi connectivity index (χ1v) is 9.18. The second-order valence-corrected chi connectivity index (χ2v) is 6.50. The molecular formula is C18H22F3N3OS.